The fraction of sp³-hybridized carbons (Fsp3) is 0.538. The summed E-state index contributed by atoms with van der Waals surface area (Å²) in [4.78, 5) is 33.3. The lowest BCUT2D eigenvalue weighted by Crippen LogP contribution is -2.48. The van der Waals surface area contributed by atoms with Crippen LogP contribution < -0.4 is 10.6 Å². The van der Waals surface area contributed by atoms with E-state index in [-0.39, 0.29) is 18.3 Å². The summed E-state index contributed by atoms with van der Waals surface area (Å²) in [6.07, 6.45) is 0. The second kappa shape index (κ2) is 6.98. The van der Waals surface area contributed by atoms with Crippen LogP contribution in [0, 0.1) is 6.92 Å². The zero-order chi connectivity index (χ0) is 15.2. The van der Waals surface area contributed by atoms with Gasteiger partial charge in [0.05, 0.1) is 13.7 Å². The van der Waals surface area contributed by atoms with Gasteiger partial charge in [0.15, 0.2) is 0 Å². The molecule has 1 aliphatic rings. The molecule has 1 aromatic heterocycles. The van der Waals surface area contributed by atoms with Gasteiger partial charge in [-0.3, -0.25) is 4.79 Å². The van der Waals surface area contributed by atoms with E-state index in [1.165, 1.54) is 7.11 Å². The average Bonchev–Trinajstić information content (AvgIpc) is 2.52. The van der Waals surface area contributed by atoms with Crippen LogP contribution in [0.2, 0.25) is 0 Å². The van der Waals surface area contributed by atoms with E-state index in [9.17, 15) is 9.59 Å². The maximum Gasteiger partial charge on any atom is 0.376 e. The van der Waals surface area contributed by atoms with Gasteiger partial charge in [-0.1, -0.05) is 0 Å². The van der Waals surface area contributed by atoms with Crippen LogP contribution in [-0.2, 0) is 9.53 Å². The molecule has 0 unspecified atom stereocenters. The van der Waals surface area contributed by atoms with Gasteiger partial charge in [0.2, 0.25) is 11.7 Å². The quantitative estimate of drug-likeness (QED) is 0.717. The fourth-order valence-electron chi connectivity index (χ4n) is 2.03. The molecule has 0 radical (unpaired) electrons. The third kappa shape index (κ3) is 4.12. The third-order valence-electron chi connectivity index (χ3n) is 3.11. The molecule has 0 aliphatic carbocycles. The molecule has 1 amide bonds. The van der Waals surface area contributed by atoms with Crippen molar-refractivity contribution in [1.82, 2.24) is 20.2 Å². The van der Waals surface area contributed by atoms with Crippen LogP contribution in [0.1, 0.15) is 16.3 Å². The first-order valence-corrected chi connectivity index (χ1v) is 6.76. The third-order valence-corrected chi connectivity index (χ3v) is 3.11. The highest BCUT2D eigenvalue weighted by Gasteiger charge is 2.16. The van der Waals surface area contributed by atoms with Crippen molar-refractivity contribution >= 4 is 17.7 Å². The van der Waals surface area contributed by atoms with Gasteiger partial charge in [-0.2, -0.15) is 0 Å². The number of methoxy groups -OCH3 is 1. The summed E-state index contributed by atoms with van der Waals surface area (Å²) in [5.74, 6) is -0.177. The largest absolute Gasteiger partial charge is 0.463 e. The van der Waals surface area contributed by atoms with Crippen molar-refractivity contribution in [3.05, 3.63) is 17.6 Å². The van der Waals surface area contributed by atoms with Crippen LogP contribution in [0.25, 0.3) is 0 Å². The Balaban J connectivity index is 1.97. The summed E-state index contributed by atoms with van der Waals surface area (Å²) in [6.45, 7) is 4.91. The van der Waals surface area contributed by atoms with Crippen LogP contribution in [0.15, 0.2) is 6.07 Å². The number of esters is 1. The van der Waals surface area contributed by atoms with Crippen molar-refractivity contribution in [1.29, 1.82) is 0 Å². The molecule has 0 bridgehead atoms. The molecular weight excluding hydrogens is 274 g/mol. The topological polar surface area (TPSA) is 96.4 Å². The lowest BCUT2D eigenvalue weighted by Gasteiger charge is -2.27. The molecule has 8 nitrogen and oxygen atoms in total. The minimum absolute atomic E-state index is 0.00684. The van der Waals surface area contributed by atoms with Gasteiger partial charge in [0, 0.05) is 37.9 Å². The number of ether oxygens (including phenoxy) is 1. The number of amides is 1. The Kier molecular flexibility index (Phi) is 5.04. The predicted molar refractivity (Wildman–Crippen MR) is 76.0 cm³/mol. The lowest BCUT2D eigenvalue weighted by molar-refractivity contribution is -0.129. The van der Waals surface area contributed by atoms with Gasteiger partial charge in [-0.25, -0.2) is 14.8 Å². The van der Waals surface area contributed by atoms with Crippen LogP contribution >= 0.6 is 0 Å². The predicted octanol–water partition coefficient (Wildman–Crippen LogP) is -0.585. The molecule has 2 N–H and O–H groups in total. The van der Waals surface area contributed by atoms with Crippen LogP contribution in [0.5, 0.6) is 0 Å². The number of anilines is 1. The molecular formula is C13H19N5O3. The van der Waals surface area contributed by atoms with Crippen molar-refractivity contribution in [2.75, 3.05) is 45.2 Å². The van der Waals surface area contributed by atoms with Gasteiger partial charge in [-0.05, 0) is 6.92 Å². The van der Waals surface area contributed by atoms with E-state index in [0.717, 1.165) is 13.1 Å². The minimum atomic E-state index is -0.602. The van der Waals surface area contributed by atoms with Gasteiger partial charge in [0.25, 0.3) is 0 Å². The number of nitrogens with zero attached hydrogens (tertiary/aromatic N) is 3. The Morgan fingerprint density at radius 1 is 1.38 bits per heavy atom. The molecule has 0 atom stereocenters. The highest BCUT2D eigenvalue weighted by atomic mass is 16.5. The Bertz CT molecular complexity index is 529. The van der Waals surface area contributed by atoms with Gasteiger partial charge in [-0.15, -0.1) is 0 Å². The summed E-state index contributed by atoms with van der Waals surface area (Å²) >= 11 is 0. The average molecular weight is 293 g/mol. The van der Waals surface area contributed by atoms with Gasteiger partial charge < -0.3 is 20.3 Å². The van der Waals surface area contributed by atoms with Crippen molar-refractivity contribution in [3.8, 4) is 0 Å². The second-order valence-electron chi connectivity index (χ2n) is 4.69. The zero-order valence-corrected chi connectivity index (χ0v) is 12.2. The molecule has 2 heterocycles. The molecule has 1 saturated heterocycles. The molecule has 114 valence electrons. The van der Waals surface area contributed by atoms with E-state index >= 15 is 0 Å². The van der Waals surface area contributed by atoms with E-state index in [0.29, 0.717) is 24.6 Å². The number of aryl methyl sites for hydroxylation is 1. The lowest BCUT2D eigenvalue weighted by atomic mass is 10.3. The van der Waals surface area contributed by atoms with Gasteiger partial charge in [0.1, 0.15) is 5.82 Å². The Morgan fingerprint density at radius 3 is 2.76 bits per heavy atom. The van der Waals surface area contributed by atoms with Crippen LogP contribution in [0.3, 0.4) is 0 Å². The Labute approximate surface area is 122 Å². The highest BCUT2D eigenvalue weighted by Crippen LogP contribution is 2.07. The number of nitrogens with one attached hydrogen (secondary N) is 2. The molecule has 1 fully saturated rings. The van der Waals surface area contributed by atoms with Crippen molar-refractivity contribution in [3.63, 3.8) is 0 Å². The van der Waals surface area contributed by atoms with Crippen molar-refractivity contribution in [2.24, 2.45) is 0 Å². The number of piperazine rings is 1. The fourth-order valence-corrected chi connectivity index (χ4v) is 2.03. The molecule has 2 rings (SSSR count). The maximum atomic E-state index is 12.0. The summed E-state index contributed by atoms with van der Waals surface area (Å²) in [5.41, 5.74) is 0.627. The first-order chi connectivity index (χ1) is 10.1. The van der Waals surface area contributed by atoms with E-state index in [2.05, 4.69) is 25.3 Å². The molecule has 0 saturated carbocycles. The molecule has 0 aromatic carbocycles. The molecule has 0 spiro atoms. The molecule has 8 heteroatoms. The van der Waals surface area contributed by atoms with E-state index in [1.807, 2.05) is 0 Å². The van der Waals surface area contributed by atoms with E-state index in [1.54, 1.807) is 17.9 Å². The summed E-state index contributed by atoms with van der Waals surface area (Å²) in [7, 11) is 1.27. The monoisotopic (exact) mass is 293 g/mol. The van der Waals surface area contributed by atoms with Crippen molar-refractivity contribution in [2.45, 2.75) is 6.92 Å². The molecule has 21 heavy (non-hydrogen) atoms. The SMILES string of the molecule is COC(=O)c1nc(C)cc(NCC(=O)N2CCNCC2)n1. The number of aromatic nitrogens is 2. The first kappa shape index (κ1) is 15.2. The summed E-state index contributed by atoms with van der Waals surface area (Å²) in [6, 6.07) is 1.68. The Hall–Kier alpha value is -2.22. The first-order valence-electron chi connectivity index (χ1n) is 6.76. The molecule has 1 aromatic rings. The number of rotatable bonds is 4. The van der Waals surface area contributed by atoms with Crippen LogP contribution in [0.4, 0.5) is 5.82 Å². The number of carbonyl (C=O) groups is 2. The van der Waals surface area contributed by atoms with E-state index in [4.69, 9.17) is 0 Å². The highest BCUT2D eigenvalue weighted by molar-refractivity contribution is 5.85. The van der Waals surface area contributed by atoms with E-state index < -0.39 is 5.97 Å². The van der Waals surface area contributed by atoms with Crippen molar-refractivity contribution < 1.29 is 14.3 Å². The molecule has 1 aliphatic heterocycles. The summed E-state index contributed by atoms with van der Waals surface area (Å²) in [5, 5.41) is 6.12. The summed E-state index contributed by atoms with van der Waals surface area (Å²) < 4.78 is 4.59. The number of hydrogen-bond acceptors (Lipinski definition) is 7. The Morgan fingerprint density at radius 2 is 2.10 bits per heavy atom. The second-order valence-corrected chi connectivity index (χ2v) is 4.69. The normalized spacial score (nSPS) is 14.7. The smallest absolute Gasteiger partial charge is 0.376 e. The standard InChI is InChI=1S/C13H19N5O3/c1-9-7-10(17-12(16-9)13(20)21-2)15-8-11(19)18-5-3-14-4-6-18/h7,14H,3-6,8H2,1-2H3,(H,15,16,17). The minimum Gasteiger partial charge on any atom is -0.463 e. The number of hydrogen-bond donors (Lipinski definition) is 2. The zero-order valence-electron chi connectivity index (χ0n) is 12.2. The van der Waals surface area contributed by atoms with Gasteiger partial charge >= 0.3 is 5.97 Å². The number of carbonyl (C=O) groups excluding carboxylic acids is 2. The van der Waals surface area contributed by atoms with Crippen LogP contribution in [-0.4, -0.2) is 66.6 Å². The maximum absolute atomic E-state index is 12.0.